The molecule has 4 heteroatoms. The van der Waals surface area contributed by atoms with E-state index in [0.29, 0.717) is 16.8 Å². The molecule has 1 aromatic rings. The zero-order chi connectivity index (χ0) is 13.7. The van der Waals surface area contributed by atoms with Gasteiger partial charge in [0.05, 0.1) is 0 Å². The number of benzene rings is 1. The third-order valence-corrected chi connectivity index (χ3v) is 4.09. The summed E-state index contributed by atoms with van der Waals surface area (Å²) in [5.41, 5.74) is 0.865. The normalized spacial score (nSPS) is 24.2. The molecule has 1 aromatic carbocycles. The Morgan fingerprint density at radius 1 is 1.37 bits per heavy atom. The van der Waals surface area contributed by atoms with Crippen molar-refractivity contribution in [1.82, 2.24) is 0 Å². The second kappa shape index (κ2) is 6.80. The average molecular weight is 281 g/mol. The Morgan fingerprint density at radius 3 is 2.74 bits per heavy atom. The summed E-state index contributed by atoms with van der Waals surface area (Å²) in [7, 11) is 0. The second-order valence-corrected chi connectivity index (χ2v) is 5.95. The van der Waals surface area contributed by atoms with Crippen molar-refractivity contribution in [2.75, 3.05) is 5.32 Å². The van der Waals surface area contributed by atoms with Gasteiger partial charge in [-0.15, -0.1) is 0 Å². The molecule has 1 fully saturated rings. The molecular weight excluding hydrogens is 260 g/mol. The smallest absolute Gasteiger partial charge is 0.146 e. The molecular formula is C15H21ClN2O. The highest BCUT2D eigenvalue weighted by molar-refractivity contribution is 6.30. The zero-order valence-electron chi connectivity index (χ0n) is 11.3. The van der Waals surface area contributed by atoms with Gasteiger partial charge in [0.25, 0.3) is 0 Å². The minimum absolute atomic E-state index is 0.619. The molecule has 3 nitrogen and oxygen atoms in total. The number of hydrogen-bond acceptors (Lipinski definition) is 2. The van der Waals surface area contributed by atoms with Gasteiger partial charge in [0, 0.05) is 17.1 Å². The molecule has 104 valence electrons. The molecule has 0 radical (unpaired) electrons. The number of anilines is 1. The van der Waals surface area contributed by atoms with Gasteiger partial charge in [0.15, 0.2) is 0 Å². The van der Waals surface area contributed by atoms with Crippen LogP contribution in [0.5, 0.6) is 0 Å². The van der Waals surface area contributed by atoms with Crippen molar-refractivity contribution in [2.45, 2.75) is 39.0 Å². The highest BCUT2D eigenvalue weighted by atomic mass is 35.5. The van der Waals surface area contributed by atoms with Crippen molar-refractivity contribution in [2.24, 2.45) is 17.0 Å². The summed E-state index contributed by atoms with van der Waals surface area (Å²) in [4.78, 5) is 0. The standard InChI is InChI=1S/C15H21ClN2O/c1-11-5-7-12(8-6-11)9-15(18-19)17-14-4-2-3-13(16)10-14/h2-4,10-12,19H,5-9H2,1H3,(H,17,18)/t11-,12+. The summed E-state index contributed by atoms with van der Waals surface area (Å²) in [6, 6.07) is 7.45. The molecule has 0 heterocycles. The number of hydrogen-bond donors (Lipinski definition) is 2. The quantitative estimate of drug-likeness (QED) is 0.363. The van der Waals surface area contributed by atoms with E-state index in [1.54, 1.807) is 0 Å². The van der Waals surface area contributed by atoms with Gasteiger partial charge in [-0.25, -0.2) is 0 Å². The fourth-order valence-electron chi connectivity index (χ4n) is 2.66. The zero-order valence-corrected chi connectivity index (χ0v) is 12.0. The SMILES string of the molecule is C[C@H]1CC[C@@H](C/C(=N/O)Nc2cccc(Cl)c2)CC1. The van der Waals surface area contributed by atoms with E-state index in [9.17, 15) is 0 Å². The van der Waals surface area contributed by atoms with Crippen molar-refractivity contribution in [3.63, 3.8) is 0 Å². The lowest BCUT2D eigenvalue weighted by Crippen LogP contribution is -2.20. The lowest BCUT2D eigenvalue weighted by atomic mass is 9.81. The Balaban J connectivity index is 1.90. The first kappa shape index (κ1) is 14.2. The Hall–Kier alpha value is -1.22. The van der Waals surface area contributed by atoms with Gasteiger partial charge in [0.1, 0.15) is 5.84 Å². The van der Waals surface area contributed by atoms with Crippen LogP contribution in [0.25, 0.3) is 0 Å². The van der Waals surface area contributed by atoms with E-state index in [2.05, 4.69) is 17.4 Å². The fourth-order valence-corrected chi connectivity index (χ4v) is 2.85. The molecule has 0 aromatic heterocycles. The van der Waals surface area contributed by atoms with Crippen LogP contribution in [0.3, 0.4) is 0 Å². The largest absolute Gasteiger partial charge is 0.409 e. The number of nitrogens with one attached hydrogen (secondary N) is 1. The second-order valence-electron chi connectivity index (χ2n) is 5.51. The van der Waals surface area contributed by atoms with Crippen molar-refractivity contribution >= 4 is 23.1 Å². The van der Waals surface area contributed by atoms with Gasteiger partial charge < -0.3 is 10.5 Å². The minimum Gasteiger partial charge on any atom is -0.409 e. The van der Waals surface area contributed by atoms with E-state index in [1.165, 1.54) is 25.7 Å². The van der Waals surface area contributed by atoms with E-state index < -0.39 is 0 Å². The summed E-state index contributed by atoms with van der Waals surface area (Å²) in [5, 5.41) is 16.3. The van der Waals surface area contributed by atoms with Crippen molar-refractivity contribution in [1.29, 1.82) is 0 Å². The number of amidine groups is 1. The molecule has 2 N–H and O–H groups in total. The maximum Gasteiger partial charge on any atom is 0.146 e. The van der Waals surface area contributed by atoms with Crippen molar-refractivity contribution < 1.29 is 5.21 Å². The topological polar surface area (TPSA) is 44.6 Å². The molecule has 0 saturated heterocycles. The summed E-state index contributed by atoms with van der Waals surface area (Å²) in [5.74, 6) is 2.09. The van der Waals surface area contributed by atoms with Crippen LogP contribution >= 0.6 is 11.6 Å². The summed E-state index contributed by atoms with van der Waals surface area (Å²) in [6.07, 6.45) is 5.80. The Kier molecular flexibility index (Phi) is 5.08. The van der Waals surface area contributed by atoms with Crippen LogP contribution in [0.15, 0.2) is 29.4 Å². The first-order valence-corrected chi connectivity index (χ1v) is 7.28. The molecule has 1 aliphatic carbocycles. The summed E-state index contributed by atoms with van der Waals surface area (Å²) < 4.78 is 0. The van der Waals surface area contributed by atoms with Crippen LogP contribution in [0.4, 0.5) is 5.69 Å². The van der Waals surface area contributed by atoms with Crippen molar-refractivity contribution in [3.8, 4) is 0 Å². The molecule has 0 atom stereocenters. The van der Waals surface area contributed by atoms with E-state index in [-0.39, 0.29) is 0 Å². The Bertz CT molecular complexity index is 440. The van der Waals surface area contributed by atoms with Gasteiger partial charge in [-0.2, -0.15) is 0 Å². The van der Waals surface area contributed by atoms with Crippen LogP contribution in [0.1, 0.15) is 39.0 Å². The van der Waals surface area contributed by atoms with Crippen LogP contribution in [0, 0.1) is 11.8 Å². The maximum absolute atomic E-state index is 9.13. The number of rotatable bonds is 3. The highest BCUT2D eigenvalue weighted by Gasteiger charge is 2.20. The van der Waals surface area contributed by atoms with Crippen molar-refractivity contribution in [3.05, 3.63) is 29.3 Å². The number of oxime groups is 1. The molecule has 19 heavy (non-hydrogen) atoms. The van der Waals surface area contributed by atoms with Gasteiger partial charge >= 0.3 is 0 Å². The van der Waals surface area contributed by atoms with Crippen LogP contribution in [-0.2, 0) is 0 Å². The molecule has 0 bridgehead atoms. The summed E-state index contributed by atoms with van der Waals surface area (Å²) in [6.45, 7) is 2.31. The third kappa shape index (κ3) is 4.43. The van der Waals surface area contributed by atoms with E-state index in [4.69, 9.17) is 16.8 Å². The Morgan fingerprint density at radius 2 is 2.11 bits per heavy atom. The Labute approximate surface area is 119 Å². The third-order valence-electron chi connectivity index (χ3n) is 3.85. The molecule has 0 unspecified atom stereocenters. The van der Waals surface area contributed by atoms with E-state index in [1.807, 2.05) is 24.3 Å². The van der Waals surface area contributed by atoms with E-state index >= 15 is 0 Å². The first-order chi connectivity index (χ1) is 9.17. The van der Waals surface area contributed by atoms with E-state index in [0.717, 1.165) is 18.0 Å². The molecule has 0 aliphatic heterocycles. The predicted molar refractivity (Wildman–Crippen MR) is 80.0 cm³/mol. The van der Waals surface area contributed by atoms with Gasteiger partial charge in [-0.3, -0.25) is 0 Å². The number of halogens is 1. The average Bonchev–Trinajstić information content (AvgIpc) is 2.40. The summed E-state index contributed by atoms with van der Waals surface area (Å²) >= 11 is 5.94. The monoisotopic (exact) mass is 280 g/mol. The van der Waals surface area contributed by atoms with Crippen LogP contribution < -0.4 is 5.32 Å². The fraction of sp³-hybridized carbons (Fsp3) is 0.533. The van der Waals surface area contributed by atoms with Gasteiger partial charge in [-0.1, -0.05) is 42.6 Å². The first-order valence-electron chi connectivity index (χ1n) is 6.91. The highest BCUT2D eigenvalue weighted by Crippen LogP contribution is 2.30. The van der Waals surface area contributed by atoms with Gasteiger partial charge in [-0.05, 0) is 42.9 Å². The number of nitrogens with zero attached hydrogens (tertiary/aromatic N) is 1. The molecule has 2 rings (SSSR count). The lowest BCUT2D eigenvalue weighted by molar-refractivity contribution is 0.287. The maximum atomic E-state index is 9.13. The molecule has 0 amide bonds. The molecule has 1 aliphatic rings. The molecule has 1 saturated carbocycles. The lowest BCUT2D eigenvalue weighted by Gasteiger charge is -2.26. The molecule has 0 spiro atoms. The predicted octanol–water partition coefficient (Wildman–Crippen LogP) is 4.76. The van der Waals surface area contributed by atoms with Gasteiger partial charge in [0.2, 0.25) is 0 Å². The van der Waals surface area contributed by atoms with Crippen LogP contribution in [0.2, 0.25) is 5.02 Å². The van der Waals surface area contributed by atoms with Crippen LogP contribution in [-0.4, -0.2) is 11.0 Å². The minimum atomic E-state index is 0.619.